The number of piperazine rings is 1. The summed E-state index contributed by atoms with van der Waals surface area (Å²) >= 11 is 11.9. The number of benzene rings is 2. The molecule has 1 aliphatic rings. The van der Waals surface area contributed by atoms with E-state index in [0.717, 1.165) is 12.1 Å². The summed E-state index contributed by atoms with van der Waals surface area (Å²) in [7, 11) is 0. The van der Waals surface area contributed by atoms with Crippen molar-refractivity contribution < 1.29 is 9.59 Å². The van der Waals surface area contributed by atoms with E-state index in [2.05, 4.69) is 22.5 Å². The second kappa shape index (κ2) is 10.8. The number of amides is 2. The van der Waals surface area contributed by atoms with Crippen LogP contribution in [0.5, 0.6) is 0 Å². The monoisotopic (exact) mass is 472 g/mol. The molecule has 1 aliphatic heterocycles. The molecule has 1 heterocycles. The third-order valence-electron chi connectivity index (χ3n) is 5.49. The van der Waals surface area contributed by atoms with E-state index < -0.39 is 0 Å². The maximum absolute atomic E-state index is 12.5. The van der Waals surface area contributed by atoms with Crippen LogP contribution in [0.15, 0.2) is 42.5 Å². The molecular formula is C24H29ClN4O2S. The third-order valence-corrected chi connectivity index (χ3v) is 6.00. The van der Waals surface area contributed by atoms with Crippen LogP contribution < -0.4 is 15.5 Å². The lowest BCUT2D eigenvalue weighted by Crippen LogP contribution is -2.50. The van der Waals surface area contributed by atoms with Gasteiger partial charge in [0.15, 0.2) is 5.11 Å². The summed E-state index contributed by atoms with van der Waals surface area (Å²) in [5.41, 5.74) is 3.24. The fourth-order valence-corrected chi connectivity index (χ4v) is 4.17. The lowest BCUT2D eigenvalue weighted by Gasteiger charge is -2.38. The first-order chi connectivity index (χ1) is 15.3. The molecular weight excluding hydrogens is 444 g/mol. The Morgan fingerprint density at radius 3 is 2.31 bits per heavy atom. The maximum atomic E-state index is 12.5. The zero-order valence-electron chi connectivity index (χ0n) is 18.7. The molecule has 2 aromatic rings. The largest absolute Gasteiger partial charge is 0.365 e. The molecule has 170 valence electrons. The van der Waals surface area contributed by atoms with Crippen LogP contribution in [0.4, 0.5) is 11.4 Å². The van der Waals surface area contributed by atoms with Gasteiger partial charge in [-0.25, -0.2) is 0 Å². The number of para-hydroxylation sites is 1. The molecule has 0 aliphatic carbocycles. The SMILES string of the molecule is CCc1ccc(C(=O)NC(=S)Nc2cccc(Cl)c2N2CCN(C(=O)C(C)C)CC2)cc1. The van der Waals surface area contributed by atoms with Crippen LogP contribution in [0, 0.1) is 5.92 Å². The zero-order chi connectivity index (χ0) is 23.3. The maximum Gasteiger partial charge on any atom is 0.257 e. The van der Waals surface area contributed by atoms with Crippen LogP contribution >= 0.6 is 23.8 Å². The topological polar surface area (TPSA) is 64.7 Å². The van der Waals surface area contributed by atoms with Gasteiger partial charge in [-0.2, -0.15) is 0 Å². The molecule has 3 rings (SSSR count). The van der Waals surface area contributed by atoms with Crippen LogP contribution in [-0.2, 0) is 11.2 Å². The summed E-state index contributed by atoms with van der Waals surface area (Å²) in [6, 6.07) is 13.0. The minimum Gasteiger partial charge on any atom is -0.365 e. The molecule has 0 unspecified atom stereocenters. The molecule has 0 aromatic heterocycles. The zero-order valence-corrected chi connectivity index (χ0v) is 20.2. The molecule has 0 spiro atoms. The fourth-order valence-electron chi connectivity index (χ4n) is 3.67. The average Bonchev–Trinajstić information content (AvgIpc) is 2.78. The molecule has 1 fully saturated rings. The van der Waals surface area contributed by atoms with Gasteiger partial charge in [0, 0.05) is 37.7 Å². The van der Waals surface area contributed by atoms with Crippen molar-refractivity contribution in [2.24, 2.45) is 5.92 Å². The molecule has 1 saturated heterocycles. The Bertz CT molecular complexity index is 986. The lowest BCUT2D eigenvalue weighted by molar-refractivity contribution is -0.134. The van der Waals surface area contributed by atoms with Crippen molar-refractivity contribution in [3.63, 3.8) is 0 Å². The van der Waals surface area contributed by atoms with Gasteiger partial charge >= 0.3 is 0 Å². The second-order valence-electron chi connectivity index (χ2n) is 8.06. The number of carbonyl (C=O) groups is 2. The molecule has 0 saturated carbocycles. The highest BCUT2D eigenvalue weighted by atomic mass is 35.5. The van der Waals surface area contributed by atoms with Crippen LogP contribution in [0.25, 0.3) is 0 Å². The molecule has 2 aromatic carbocycles. The van der Waals surface area contributed by atoms with Gasteiger partial charge in [-0.05, 0) is 48.5 Å². The highest BCUT2D eigenvalue weighted by molar-refractivity contribution is 7.80. The molecule has 2 amide bonds. The first kappa shape index (κ1) is 24.0. The highest BCUT2D eigenvalue weighted by Crippen LogP contribution is 2.34. The number of anilines is 2. The molecule has 32 heavy (non-hydrogen) atoms. The summed E-state index contributed by atoms with van der Waals surface area (Å²) in [6.45, 7) is 8.50. The summed E-state index contributed by atoms with van der Waals surface area (Å²) < 4.78 is 0. The molecule has 6 nitrogen and oxygen atoms in total. The normalized spacial score (nSPS) is 13.8. The second-order valence-corrected chi connectivity index (χ2v) is 8.88. The highest BCUT2D eigenvalue weighted by Gasteiger charge is 2.25. The first-order valence-electron chi connectivity index (χ1n) is 10.8. The number of aryl methyl sites for hydroxylation is 1. The van der Waals surface area contributed by atoms with Crippen molar-refractivity contribution in [1.29, 1.82) is 0 Å². The molecule has 0 radical (unpaired) electrons. The predicted octanol–water partition coefficient (Wildman–Crippen LogP) is 4.33. The van der Waals surface area contributed by atoms with Crippen molar-refractivity contribution in [2.45, 2.75) is 27.2 Å². The van der Waals surface area contributed by atoms with Crippen molar-refractivity contribution in [1.82, 2.24) is 10.2 Å². The van der Waals surface area contributed by atoms with E-state index in [0.29, 0.717) is 42.5 Å². The van der Waals surface area contributed by atoms with E-state index in [1.807, 2.05) is 49.1 Å². The summed E-state index contributed by atoms with van der Waals surface area (Å²) in [4.78, 5) is 28.9. The number of hydrogen-bond donors (Lipinski definition) is 2. The van der Waals surface area contributed by atoms with E-state index in [9.17, 15) is 9.59 Å². The quantitative estimate of drug-likeness (QED) is 0.634. The fraction of sp³-hybridized carbons (Fsp3) is 0.375. The Labute approximate surface area is 199 Å². The van der Waals surface area contributed by atoms with E-state index >= 15 is 0 Å². The number of nitrogens with one attached hydrogen (secondary N) is 2. The van der Waals surface area contributed by atoms with Crippen molar-refractivity contribution in [3.05, 3.63) is 58.6 Å². The van der Waals surface area contributed by atoms with Crippen molar-refractivity contribution in [2.75, 3.05) is 36.4 Å². The molecule has 0 bridgehead atoms. The number of nitrogens with zero attached hydrogens (tertiary/aromatic N) is 2. The van der Waals surface area contributed by atoms with Crippen LogP contribution in [0.1, 0.15) is 36.7 Å². The van der Waals surface area contributed by atoms with E-state index in [-0.39, 0.29) is 22.8 Å². The number of rotatable bonds is 5. The van der Waals surface area contributed by atoms with Gasteiger partial charge in [0.2, 0.25) is 5.91 Å². The van der Waals surface area contributed by atoms with Crippen molar-refractivity contribution >= 4 is 52.1 Å². The number of halogens is 1. The number of thiocarbonyl (C=S) groups is 1. The minimum atomic E-state index is -0.269. The lowest BCUT2D eigenvalue weighted by atomic mass is 10.1. The van der Waals surface area contributed by atoms with E-state index in [4.69, 9.17) is 23.8 Å². The smallest absolute Gasteiger partial charge is 0.257 e. The summed E-state index contributed by atoms with van der Waals surface area (Å²) in [5, 5.41) is 6.64. The Kier molecular flexibility index (Phi) is 8.10. The van der Waals surface area contributed by atoms with Crippen LogP contribution in [0.3, 0.4) is 0 Å². The molecule has 0 atom stereocenters. The Hall–Kier alpha value is -2.64. The standard InChI is InChI=1S/C24H29ClN4O2S/c1-4-17-8-10-18(11-9-17)22(30)27-24(32)26-20-7-5-6-19(25)21(20)28-12-14-29(15-13-28)23(31)16(2)3/h5-11,16H,4,12-15H2,1-3H3,(H2,26,27,30,32). The first-order valence-corrected chi connectivity index (χ1v) is 11.6. The average molecular weight is 473 g/mol. The van der Waals surface area contributed by atoms with Crippen molar-refractivity contribution in [3.8, 4) is 0 Å². The Morgan fingerprint density at radius 1 is 1.06 bits per heavy atom. The Morgan fingerprint density at radius 2 is 1.72 bits per heavy atom. The summed E-state index contributed by atoms with van der Waals surface area (Å²) in [5.74, 6) is -0.120. The number of carbonyl (C=O) groups excluding carboxylic acids is 2. The van der Waals surface area contributed by atoms with Gasteiger partial charge in [0.1, 0.15) is 0 Å². The van der Waals surface area contributed by atoms with E-state index in [1.165, 1.54) is 5.56 Å². The van der Waals surface area contributed by atoms with Crippen LogP contribution in [0.2, 0.25) is 5.02 Å². The molecule has 8 heteroatoms. The van der Waals surface area contributed by atoms with Gasteiger partial charge in [-0.1, -0.05) is 50.6 Å². The van der Waals surface area contributed by atoms with Crippen LogP contribution in [-0.4, -0.2) is 48.0 Å². The van der Waals surface area contributed by atoms with Gasteiger partial charge < -0.3 is 15.1 Å². The minimum absolute atomic E-state index is 0.0155. The van der Waals surface area contributed by atoms with Gasteiger partial charge in [0.05, 0.1) is 16.4 Å². The third kappa shape index (κ3) is 5.78. The summed E-state index contributed by atoms with van der Waals surface area (Å²) in [6.07, 6.45) is 0.916. The van der Waals surface area contributed by atoms with Gasteiger partial charge in [0.25, 0.3) is 5.91 Å². The molecule has 2 N–H and O–H groups in total. The van der Waals surface area contributed by atoms with E-state index in [1.54, 1.807) is 12.1 Å². The van der Waals surface area contributed by atoms with Gasteiger partial charge in [-0.15, -0.1) is 0 Å². The predicted molar refractivity (Wildman–Crippen MR) is 135 cm³/mol. The number of hydrogen-bond acceptors (Lipinski definition) is 4. The Balaban J connectivity index is 1.67. The van der Waals surface area contributed by atoms with Gasteiger partial charge in [-0.3, -0.25) is 14.9 Å².